The number of hydrogen-bond acceptors (Lipinski definition) is 3. The third kappa shape index (κ3) is 4.34. The summed E-state index contributed by atoms with van der Waals surface area (Å²) in [7, 11) is 0. The number of benzene rings is 2. The predicted octanol–water partition coefficient (Wildman–Crippen LogP) is 4.31. The first kappa shape index (κ1) is 15.0. The number of nitrogens with one attached hydrogen (secondary N) is 1. The van der Waals surface area contributed by atoms with E-state index in [9.17, 15) is 4.79 Å². The number of hydrogen-bond donors (Lipinski definition) is 2. The van der Waals surface area contributed by atoms with Gasteiger partial charge in [-0.05, 0) is 36.4 Å². The highest BCUT2D eigenvalue weighted by molar-refractivity contribution is 8.00. The van der Waals surface area contributed by atoms with Gasteiger partial charge in [-0.25, -0.2) is 0 Å². The molecule has 0 atom stereocenters. The molecule has 0 radical (unpaired) electrons. The standard InChI is InChI=1S/C14H12Cl2N2OS/c15-12-5-4-11(7-13(12)16)20-8-14(19)18-10-3-1-2-9(17)6-10/h1-7H,8,17H2,(H,18,19). The molecule has 2 rings (SSSR count). The minimum Gasteiger partial charge on any atom is -0.399 e. The summed E-state index contributed by atoms with van der Waals surface area (Å²) in [5, 5.41) is 3.76. The molecule has 2 aromatic carbocycles. The van der Waals surface area contributed by atoms with Crippen LogP contribution in [-0.2, 0) is 4.79 Å². The lowest BCUT2D eigenvalue weighted by Gasteiger charge is -2.06. The maximum atomic E-state index is 11.8. The van der Waals surface area contributed by atoms with E-state index in [1.54, 1.807) is 36.4 Å². The van der Waals surface area contributed by atoms with Crippen LogP contribution in [0.4, 0.5) is 11.4 Å². The number of carbonyl (C=O) groups excluding carboxylic acids is 1. The van der Waals surface area contributed by atoms with Gasteiger partial charge in [0, 0.05) is 16.3 Å². The molecule has 0 saturated heterocycles. The van der Waals surface area contributed by atoms with Crippen LogP contribution in [0, 0.1) is 0 Å². The highest BCUT2D eigenvalue weighted by Gasteiger charge is 2.05. The highest BCUT2D eigenvalue weighted by Crippen LogP contribution is 2.28. The molecule has 104 valence electrons. The van der Waals surface area contributed by atoms with Gasteiger partial charge >= 0.3 is 0 Å². The largest absolute Gasteiger partial charge is 0.399 e. The van der Waals surface area contributed by atoms with Crippen LogP contribution in [0.1, 0.15) is 0 Å². The van der Waals surface area contributed by atoms with Gasteiger partial charge in [0.05, 0.1) is 15.8 Å². The number of rotatable bonds is 4. The zero-order valence-corrected chi connectivity index (χ0v) is 12.7. The van der Waals surface area contributed by atoms with Crippen LogP contribution in [0.2, 0.25) is 10.0 Å². The smallest absolute Gasteiger partial charge is 0.234 e. The fourth-order valence-corrected chi connectivity index (χ4v) is 2.63. The summed E-state index contributed by atoms with van der Waals surface area (Å²) in [5.74, 6) is 0.180. The Morgan fingerprint density at radius 2 is 1.95 bits per heavy atom. The second kappa shape index (κ2) is 6.88. The Morgan fingerprint density at radius 1 is 1.15 bits per heavy atom. The second-order valence-corrected chi connectivity index (χ2v) is 5.90. The van der Waals surface area contributed by atoms with E-state index in [1.807, 2.05) is 6.07 Å². The third-order valence-electron chi connectivity index (χ3n) is 2.43. The lowest BCUT2D eigenvalue weighted by atomic mass is 10.3. The highest BCUT2D eigenvalue weighted by atomic mass is 35.5. The molecular formula is C14H12Cl2N2OS. The molecule has 6 heteroatoms. The first-order chi connectivity index (χ1) is 9.54. The maximum absolute atomic E-state index is 11.8. The first-order valence-electron chi connectivity index (χ1n) is 5.78. The van der Waals surface area contributed by atoms with Gasteiger partial charge in [0.15, 0.2) is 0 Å². The van der Waals surface area contributed by atoms with Crippen molar-refractivity contribution < 1.29 is 4.79 Å². The summed E-state index contributed by atoms with van der Waals surface area (Å²) in [6, 6.07) is 12.3. The van der Waals surface area contributed by atoms with Crippen molar-refractivity contribution in [1.82, 2.24) is 0 Å². The van der Waals surface area contributed by atoms with Gasteiger partial charge in [-0.1, -0.05) is 29.3 Å². The molecule has 20 heavy (non-hydrogen) atoms. The molecule has 0 aliphatic rings. The van der Waals surface area contributed by atoms with Crippen LogP contribution >= 0.6 is 35.0 Å². The molecule has 0 fully saturated rings. The lowest BCUT2D eigenvalue weighted by Crippen LogP contribution is -2.14. The SMILES string of the molecule is Nc1cccc(NC(=O)CSc2ccc(Cl)c(Cl)c2)c1. The number of anilines is 2. The van der Waals surface area contributed by atoms with Crippen molar-refractivity contribution in [2.24, 2.45) is 0 Å². The van der Waals surface area contributed by atoms with Crippen LogP contribution in [0.15, 0.2) is 47.4 Å². The van der Waals surface area contributed by atoms with Crippen molar-refractivity contribution >= 4 is 52.2 Å². The Bertz CT molecular complexity index is 634. The molecule has 3 nitrogen and oxygen atoms in total. The molecule has 0 spiro atoms. The van der Waals surface area contributed by atoms with E-state index < -0.39 is 0 Å². The number of nitrogen functional groups attached to an aromatic ring is 1. The van der Waals surface area contributed by atoms with Crippen molar-refractivity contribution in [3.8, 4) is 0 Å². The summed E-state index contributed by atoms with van der Waals surface area (Å²) >= 11 is 13.1. The number of thioether (sulfide) groups is 1. The quantitative estimate of drug-likeness (QED) is 0.650. The lowest BCUT2D eigenvalue weighted by molar-refractivity contribution is -0.113. The zero-order chi connectivity index (χ0) is 14.5. The van der Waals surface area contributed by atoms with E-state index in [-0.39, 0.29) is 11.7 Å². The fourth-order valence-electron chi connectivity index (χ4n) is 1.53. The molecule has 0 aliphatic heterocycles. The molecule has 2 aromatic rings. The Morgan fingerprint density at radius 3 is 2.65 bits per heavy atom. The average molecular weight is 327 g/mol. The topological polar surface area (TPSA) is 55.1 Å². The van der Waals surface area contributed by atoms with Crippen LogP contribution in [0.5, 0.6) is 0 Å². The van der Waals surface area contributed by atoms with Gasteiger partial charge in [-0.3, -0.25) is 4.79 Å². The van der Waals surface area contributed by atoms with Crippen molar-refractivity contribution in [1.29, 1.82) is 0 Å². The maximum Gasteiger partial charge on any atom is 0.234 e. The Kier molecular flexibility index (Phi) is 5.17. The molecule has 0 heterocycles. The third-order valence-corrected chi connectivity index (χ3v) is 4.16. The number of amides is 1. The fraction of sp³-hybridized carbons (Fsp3) is 0.0714. The van der Waals surface area contributed by atoms with Gasteiger partial charge in [-0.2, -0.15) is 0 Å². The summed E-state index contributed by atoms with van der Waals surface area (Å²) in [6.45, 7) is 0. The van der Waals surface area contributed by atoms with E-state index in [2.05, 4.69) is 5.32 Å². The van der Waals surface area contributed by atoms with Crippen molar-refractivity contribution in [2.45, 2.75) is 4.90 Å². The Labute approximate surface area is 131 Å². The monoisotopic (exact) mass is 326 g/mol. The van der Waals surface area contributed by atoms with Gasteiger partial charge in [0.1, 0.15) is 0 Å². The van der Waals surface area contributed by atoms with Gasteiger partial charge in [0.25, 0.3) is 0 Å². The molecule has 1 amide bonds. The minimum absolute atomic E-state index is 0.105. The molecule has 0 bridgehead atoms. The van der Waals surface area contributed by atoms with Crippen LogP contribution in [0.25, 0.3) is 0 Å². The minimum atomic E-state index is -0.105. The second-order valence-electron chi connectivity index (χ2n) is 4.04. The molecule has 0 aromatic heterocycles. The van der Waals surface area contributed by atoms with Gasteiger partial charge < -0.3 is 11.1 Å². The molecule has 0 aliphatic carbocycles. The average Bonchev–Trinajstić information content (AvgIpc) is 2.40. The summed E-state index contributed by atoms with van der Waals surface area (Å²) in [5.41, 5.74) is 6.94. The Balaban J connectivity index is 1.90. The van der Waals surface area contributed by atoms with E-state index in [4.69, 9.17) is 28.9 Å². The van der Waals surface area contributed by atoms with Crippen molar-refractivity contribution in [3.05, 3.63) is 52.5 Å². The summed E-state index contributed by atoms with van der Waals surface area (Å²) in [6.07, 6.45) is 0. The zero-order valence-electron chi connectivity index (χ0n) is 10.4. The molecular weight excluding hydrogens is 315 g/mol. The molecule has 0 saturated carbocycles. The van der Waals surface area contributed by atoms with E-state index in [0.29, 0.717) is 21.4 Å². The van der Waals surface area contributed by atoms with Crippen LogP contribution in [0.3, 0.4) is 0 Å². The van der Waals surface area contributed by atoms with Gasteiger partial charge in [-0.15, -0.1) is 11.8 Å². The number of carbonyl (C=O) groups is 1. The molecule has 3 N–H and O–H groups in total. The van der Waals surface area contributed by atoms with Crippen LogP contribution in [-0.4, -0.2) is 11.7 Å². The van der Waals surface area contributed by atoms with Gasteiger partial charge in [0.2, 0.25) is 5.91 Å². The Hall–Kier alpha value is -1.36. The van der Waals surface area contributed by atoms with Crippen molar-refractivity contribution in [3.63, 3.8) is 0 Å². The normalized spacial score (nSPS) is 10.3. The predicted molar refractivity (Wildman–Crippen MR) is 86.7 cm³/mol. The number of nitrogens with two attached hydrogens (primary N) is 1. The summed E-state index contributed by atoms with van der Waals surface area (Å²) in [4.78, 5) is 12.7. The first-order valence-corrected chi connectivity index (χ1v) is 7.52. The van der Waals surface area contributed by atoms with E-state index in [0.717, 1.165) is 4.90 Å². The number of halogens is 2. The van der Waals surface area contributed by atoms with Crippen molar-refractivity contribution in [2.75, 3.05) is 16.8 Å². The van der Waals surface area contributed by atoms with Crippen LogP contribution < -0.4 is 11.1 Å². The van der Waals surface area contributed by atoms with E-state index in [1.165, 1.54) is 11.8 Å². The molecule has 0 unspecified atom stereocenters. The summed E-state index contributed by atoms with van der Waals surface area (Å²) < 4.78 is 0. The van der Waals surface area contributed by atoms with E-state index >= 15 is 0 Å².